The van der Waals surface area contributed by atoms with Crippen LogP contribution in [0.2, 0.25) is 5.02 Å². The van der Waals surface area contributed by atoms with Crippen LogP contribution < -0.4 is 20.7 Å². The van der Waals surface area contributed by atoms with E-state index in [4.69, 9.17) is 26.8 Å². The molecular weight excluding hydrogens is 394 g/mol. The number of hydrogen-bond acceptors (Lipinski definition) is 6. The lowest BCUT2D eigenvalue weighted by atomic mass is 10.2. The number of hydrogen-bond donors (Lipinski definition) is 2. The Kier molecular flexibility index (Phi) is 7.73. The molecule has 2 aromatic carbocycles. The topological polar surface area (TPSA) is 93.9 Å². The van der Waals surface area contributed by atoms with E-state index in [-0.39, 0.29) is 22.0 Å². The van der Waals surface area contributed by atoms with Crippen molar-refractivity contribution >= 4 is 40.5 Å². The first-order valence-electron chi connectivity index (χ1n) is 9.23. The fourth-order valence-corrected chi connectivity index (χ4v) is 3.05. The van der Waals surface area contributed by atoms with Crippen LogP contribution in [-0.2, 0) is 9.53 Å². The van der Waals surface area contributed by atoms with Crippen molar-refractivity contribution in [3.63, 3.8) is 0 Å². The number of carbonyl (C=O) groups is 2. The Morgan fingerprint density at radius 1 is 1.21 bits per heavy atom. The molecule has 0 fully saturated rings. The summed E-state index contributed by atoms with van der Waals surface area (Å²) in [5.74, 6) is -0.967. The zero-order valence-electron chi connectivity index (χ0n) is 17.0. The van der Waals surface area contributed by atoms with Crippen molar-refractivity contribution in [1.82, 2.24) is 0 Å². The number of ether oxygens (including phenoxy) is 2. The maximum Gasteiger partial charge on any atom is 0.342 e. The Labute approximate surface area is 175 Å². The van der Waals surface area contributed by atoms with Gasteiger partial charge in [0.2, 0.25) is 0 Å². The highest BCUT2D eigenvalue weighted by molar-refractivity contribution is 6.33. The molecule has 8 heteroatoms. The van der Waals surface area contributed by atoms with Gasteiger partial charge in [0.15, 0.2) is 6.61 Å². The molecule has 2 aromatic rings. The number of amides is 1. The lowest BCUT2D eigenvalue weighted by molar-refractivity contribution is -0.119. The SMILES string of the molecule is CCN(c1ccc(NC(=O)COC(=O)c2cc(Cl)c(N)cc2OC)cc1)C(C)C. The van der Waals surface area contributed by atoms with Crippen LogP contribution >= 0.6 is 11.6 Å². The number of nitrogens with two attached hydrogens (primary N) is 1. The zero-order chi connectivity index (χ0) is 21.6. The second kappa shape index (κ2) is 10.0. The number of nitrogen functional groups attached to an aromatic ring is 1. The molecule has 0 aliphatic heterocycles. The predicted octanol–water partition coefficient (Wildman–Crippen LogP) is 3.96. The second-order valence-corrected chi connectivity index (χ2v) is 7.03. The van der Waals surface area contributed by atoms with Gasteiger partial charge in [0.25, 0.3) is 5.91 Å². The average Bonchev–Trinajstić information content (AvgIpc) is 2.69. The van der Waals surface area contributed by atoms with Gasteiger partial charge in [-0.3, -0.25) is 4.79 Å². The summed E-state index contributed by atoms with van der Waals surface area (Å²) in [7, 11) is 1.40. The number of carbonyl (C=O) groups excluding carboxylic acids is 2. The van der Waals surface area contributed by atoms with Crippen LogP contribution in [0.1, 0.15) is 31.1 Å². The smallest absolute Gasteiger partial charge is 0.342 e. The third kappa shape index (κ3) is 5.77. The molecule has 0 unspecified atom stereocenters. The summed E-state index contributed by atoms with van der Waals surface area (Å²) >= 11 is 5.95. The molecule has 0 heterocycles. The maximum atomic E-state index is 12.3. The summed E-state index contributed by atoms with van der Waals surface area (Å²) in [4.78, 5) is 26.6. The molecule has 0 aliphatic rings. The zero-order valence-corrected chi connectivity index (χ0v) is 17.7. The molecule has 0 bridgehead atoms. The molecule has 0 saturated heterocycles. The molecule has 1 amide bonds. The van der Waals surface area contributed by atoms with Gasteiger partial charge in [-0.25, -0.2) is 4.79 Å². The number of esters is 1. The van der Waals surface area contributed by atoms with E-state index in [2.05, 4.69) is 31.0 Å². The van der Waals surface area contributed by atoms with Crippen molar-refractivity contribution in [2.75, 3.05) is 36.2 Å². The normalized spacial score (nSPS) is 10.6. The van der Waals surface area contributed by atoms with Gasteiger partial charge in [0.05, 0.1) is 17.8 Å². The molecular formula is C21H26ClN3O4. The van der Waals surface area contributed by atoms with Gasteiger partial charge in [-0.1, -0.05) is 11.6 Å². The van der Waals surface area contributed by atoms with Crippen LogP contribution in [0.4, 0.5) is 17.1 Å². The lowest BCUT2D eigenvalue weighted by Gasteiger charge is -2.27. The highest BCUT2D eigenvalue weighted by Crippen LogP contribution is 2.29. The monoisotopic (exact) mass is 419 g/mol. The minimum Gasteiger partial charge on any atom is -0.496 e. The van der Waals surface area contributed by atoms with Crippen molar-refractivity contribution in [3.05, 3.63) is 47.0 Å². The summed E-state index contributed by atoms with van der Waals surface area (Å²) in [6.45, 7) is 6.78. The summed E-state index contributed by atoms with van der Waals surface area (Å²) in [6, 6.07) is 10.6. The molecule has 2 rings (SSSR count). The number of halogens is 1. The number of methoxy groups -OCH3 is 1. The van der Waals surface area contributed by atoms with Crippen molar-refractivity contribution < 1.29 is 19.1 Å². The largest absolute Gasteiger partial charge is 0.496 e. The Balaban J connectivity index is 1.96. The second-order valence-electron chi connectivity index (χ2n) is 6.62. The van der Waals surface area contributed by atoms with Gasteiger partial charge in [0.1, 0.15) is 11.3 Å². The van der Waals surface area contributed by atoms with Gasteiger partial charge in [-0.05, 0) is 51.1 Å². The minimum atomic E-state index is -0.732. The molecule has 0 aromatic heterocycles. The van der Waals surface area contributed by atoms with Crippen molar-refractivity contribution in [2.24, 2.45) is 0 Å². The van der Waals surface area contributed by atoms with E-state index < -0.39 is 18.5 Å². The van der Waals surface area contributed by atoms with E-state index >= 15 is 0 Å². The molecule has 0 radical (unpaired) electrons. The van der Waals surface area contributed by atoms with Crippen LogP contribution in [0.25, 0.3) is 0 Å². The first kappa shape index (κ1) is 22.4. The summed E-state index contributed by atoms with van der Waals surface area (Å²) in [5.41, 5.74) is 7.75. The molecule has 0 saturated carbocycles. The van der Waals surface area contributed by atoms with E-state index in [1.165, 1.54) is 19.2 Å². The lowest BCUT2D eigenvalue weighted by Crippen LogP contribution is -2.30. The predicted molar refractivity (Wildman–Crippen MR) is 116 cm³/mol. The van der Waals surface area contributed by atoms with Crippen LogP contribution in [0.5, 0.6) is 5.75 Å². The van der Waals surface area contributed by atoms with E-state index in [9.17, 15) is 9.59 Å². The summed E-state index contributed by atoms with van der Waals surface area (Å²) in [6.07, 6.45) is 0. The van der Waals surface area contributed by atoms with Crippen molar-refractivity contribution in [3.8, 4) is 5.75 Å². The molecule has 3 N–H and O–H groups in total. The van der Waals surface area contributed by atoms with E-state index in [1.807, 2.05) is 24.3 Å². The number of benzene rings is 2. The van der Waals surface area contributed by atoms with Crippen LogP contribution in [0.15, 0.2) is 36.4 Å². The first-order chi connectivity index (χ1) is 13.8. The first-order valence-corrected chi connectivity index (χ1v) is 9.61. The number of anilines is 3. The van der Waals surface area contributed by atoms with Gasteiger partial charge in [-0.15, -0.1) is 0 Å². The number of rotatable bonds is 8. The third-order valence-corrected chi connectivity index (χ3v) is 4.65. The van der Waals surface area contributed by atoms with Crippen LogP contribution in [0, 0.1) is 0 Å². The highest BCUT2D eigenvalue weighted by atomic mass is 35.5. The van der Waals surface area contributed by atoms with Crippen molar-refractivity contribution in [1.29, 1.82) is 0 Å². The Morgan fingerprint density at radius 2 is 1.86 bits per heavy atom. The summed E-state index contributed by atoms with van der Waals surface area (Å²) < 4.78 is 10.2. The standard InChI is InChI=1S/C21H26ClN3O4/c1-5-25(13(2)3)15-8-6-14(7-9-15)24-20(26)12-29-21(27)16-10-17(22)18(23)11-19(16)28-4/h6-11,13H,5,12,23H2,1-4H3,(H,24,26). The molecule has 0 spiro atoms. The molecule has 29 heavy (non-hydrogen) atoms. The average molecular weight is 420 g/mol. The van der Waals surface area contributed by atoms with E-state index in [0.717, 1.165) is 12.2 Å². The van der Waals surface area contributed by atoms with Gasteiger partial charge >= 0.3 is 5.97 Å². The fourth-order valence-electron chi connectivity index (χ4n) is 2.89. The number of nitrogens with one attached hydrogen (secondary N) is 1. The van der Waals surface area contributed by atoms with Gasteiger partial charge < -0.3 is 25.4 Å². The fraction of sp³-hybridized carbons (Fsp3) is 0.333. The Bertz CT molecular complexity index is 869. The van der Waals surface area contributed by atoms with E-state index in [0.29, 0.717) is 11.7 Å². The molecule has 0 atom stereocenters. The molecule has 7 nitrogen and oxygen atoms in total. The number of nitrogens with zero attached hydrogens (tertiary/aromatic N) is 1. The minimum absolute atomic E-state index is 0.0946. The summed E-state index contributed by atoms with van der Waals surface area (Å²) in [5, 5.41) is 2.90. The highest BCUT2D eigenvalue weighted by Gasteiger charge is 2.18. The van der Waals surface area contributed by atoms with Crippen LogP contribution in [0.3, 0.4) is 0 Å². The van der Waals surface area contributed by atoms with Crippen molar-refractivity contribution in [2.45, 2.75) is 26.8 Å². The molecule has 156 valence electrons. The van der Waals surface area contributed by atoms with Gasteiger partial charge in [-0.2, -0.15) is 0 Å². The Morgan fingerprint density at radius 3 is 2.41 bits per heavy atom. The quantitative estimate of drug-likeness (QED) is 0.496. The molecule has 0 aliphatic carbocycles. The third-order valence-electron chi connectivity index (χ3n) is 4.32. The van der Waals surface area contributed by atoms with Crippen LogP contribution in [-0.4, -0.2) is 38.2 Å². The van der Waals surface area contributed by atoms with E-state index in [1.54, 1.807) is 0 Å². The van der Waals surface area contributed by atoms with Gasteiger partial charge in [0, 0.05) is 30.0 Å². The Hall–Kier alpha value is -2.93. The maximum absolute atomic E-state index is 12.3.